The Labute approximate surface area is 162 Å². The number of rotatable bonds is 6. The lowest BCUT2D eigenvalue weighted by Crippen LogP contribution is -2.12. The van der Waals surface area contributed by atoms with Gasteiger partial charge in [-0.3, -0.25) is 9.78 Å². The summed E-state index contributed by atoms with van der Waals surface area (Å²) >= 11 is 4.39. The number of pyridine rings is 1. The van der Waals surface area contributed by atoms with Crippen molar-refractivity contribution in [3.63, 3.8) is 0 Å². The highest BCUT2D eigenvalue weighted by Gasteiger charge is 2.11. The average molecular weight is 399 g/mol. The first kappa shape index (κ1) is 17.3. The number of nitrogens with two attached hydrogens (primary N) is 1. The van der Waals surface area contributed by atoms with Crippen LogP contribution < -0.4 is 5.73 Å². The normalized spacial score (nSPS) is 11.2. The molecule has 0 radical (unpaired) electrons. The van der Waals surface area contributed by atoms with Crippen LogP contribution in [-0.2, 0) is 10.5 Å². The average Bonchev–Trinajstić information content (AvgIpc) is 3.12. The number of fused-ring (bicyclic) bond motifs is 3. The molecule has 4 rings (SSSR count). The summed E-state index contributed by atoms with van der Waals surface area (Å²) in [6.45, 7) is 0. The molecule has 8 heteroatoms. The van der Waals surface area contributed by atoms with E-state index in [-0.39, 0.29) is 11.7 Å². The lowest BCUT2D eigenvalue weighted by atomic mass is 10.0. The van der Waals surface area contributed by atoms with Gasteiger partial charge in [0, 0.05) is 16.5 Å². The fourth-order valence-electron chi connectivity index (χ4n) is 2.66. The van der Waals surface area contributed by atoms with Crippen LogP contribution in [0.3, 0.4) is 0 Å². The molecule has 0 saturated carbocycles. The Kier molecular flexibility index (Phi) is 5.05. The molecule has 0 aliphatic carbocycles. The number of aromatic nitrogens is 3. The Morgan fingerprint density at radius 2 is 1.58 bits per heavy atom. The minimum atomic E-state index is -0.355. The molecule has 2 aromatic heterocycles. The zero-order valence-electron chi connectivity index (χ0n) is 13.6. The van der Waals surface area contributed by atoms with E-state index in [1.807, 2.05) is 24.3 Å². The minimum Gasteiger partial charge on any atom is -0.369 e. The number of hydrogen-bond acceptors (Lipinski definition) is 7. The third-order valence-corrected chi connectivity index (χ3v) is 6.97. The van der Waals surface area contributed by atoms with Crippen molar-refractivity contribution in [2.24, 2.45) is 5.73 Å². The van der Waals surface area contributed by atoms with Crippen LogP contribution in [-0.4, -0.2) is 26.8 Å². The highest BCUT2D eigenvalue weighted by Crippen LogP contribution is 2.33. The van der Waals surface area contributed by atoms with Crippen molar-refractivity contribution in [3.05, 3.63) is 54.2 Å². The second kappa shape index (κ2) is 7.61. The largest absolute Gasteiger partial charge is 0.369 e. The fraction of sp³-hybridized carbons (Fsp3) is 0.111. The van der Waals surface area contributed by atoms with Gasteiger partial charge in [0.2, 0.25) is 5.91 Å². The summed E-state index contributed by atoms with van der Waals surface area (Å²) < 4.78 is 1.61. The van der Waals surface area contributed by atoms with Gasteiger partial charge in [0.25, 0.3) is 0 Å². The van der Waals surface area contributed by atoms with Crippen molar-refractivity contribution in [3.8, 4) is 0 Å². The van der Waals surface area contributed by atoms with Crippen molar-refractivity contribution < 1.29 is 4.79 Å². The third kappa shape index (κ3) is 3.67. The first-order chi connectivity index (χ1) is 12.7. The molecule has 0 unspecified atom stereocenters. The Balaban J connectivity index is 1.60. The maximum Gasteiger partial charge on any atom is 0.227 e. The van der Waals surface area contributed by atoms with Crippen molar-refractivity contribution in [1.82, 2.24) is 15.2 Å². The molecular weight excluding hydrogens is 384 g/mol. The number of amides is 1. The number of carbonyl (C=O) groups is 1. The predicted molar refractivity (Wildman–Crippen MR) is 109 cm³/mol. The SMILES string of the molecule is NC(=O)CSc1nnc(SCc2nc3ccccc3c3ccccc23)s1. The Morgan fingerprint density at radius 3 is 2.35 bits per heavy atom. The van der Waals surface area contributed by atoms with E-state index < -0.39 is 0 Å². The lowest BCUT2D eigenvalue weighted by molar-refractivity contribution is -0.115. The predicted octanol–water partition coefficient (Wildman–Crippen LogP) is 4.11. The molecule has 2 heterocycles. The number of hydrogen-bond donors (Lipinski definition) is 1. The van der Waals surface area contributed by atoms with Crippen LogP contribution in [0.15, 0.2) is 57.2 Å². The van der Waals surface area contributed by atoms with E-state index >= 15 is 0 Å². The Bertz CT molecular complexity index is 1100. The summed E-state index contributed by atoms with van der Waals surface area (Å²) in [7, 11) is 0. The molecule has 2 N–H and O–H groups in total. The topological polar surface area (TPSA) is 81.8 Å². The lowest BCUT2D eigenvalue weighted by Gasteiger charge is -2.08. The van der Waals surface area contributed by atoms with E-state index in [9.17, 15) is 4.79 Å². The third-order valence-electron chi connectivity index (χ3n) is 3.75. The monoisotopic (exact) mass is 398 g/mol. The summed E-state index contributed by atoms with van der Waals surface area (Å²) in [5, 5.41) is 11.8. The maximum atomic E-state index is 10.9. The molecule has 130 valence electrons. The molecule has 0 fully saturated rings. The number of nitrogens with zero attached hydrogens (tertiary/aromatic N) is 3. The van der Waals surface area contributed by atoms with Crippen LogP contribution in [0.4, 0.5) is 0 Å². The zero-order chi connectivity index (χ0) is 17.9. The standard InChI is InChI=1S/C18H14N4OS3/c19-16(23)10-25-18-22-21-17(26-18)24-9-15-13-7-2-1-5-11(13)12-6-3-4-8-14(12)20-15/h1-8H,9-10H2,(H2,19,23). The smallest absolute Gasteiger partial charge is 0.227 e. The second-order valence-corrected chi connectivity index (χ2v) is 8.92. The van der Waals surface area contributed by atoms with Crippen LogP contribution in [0.5, 0.6) is 0 Å². The van der Waals surface area contributed by atoms with Crippen molar-refractivity contribution in [2.75, 3.05) is 5.75 Å². The Morgan fingerprint density at radius 1 is 0.923 bits per heavy atom. The van der Waals surface area contributed by atoms with Gasteiger partial charge in [-0.05, 0) is 11.5 Å². The second-order valence-electron chi connectivity index (χ2n) is 5.50. The van der Waals surface area contributed by atoms with E-state index in [0.717, 1.165) is 30.7 Å². The molecule has 0 bridgehead atoms. The summed E-state index contributed by atoms with van der Waals surface area (Å²) in [6, 6.07) is 16.5. The van der Waals surface area contributed by atoms with Crippen LogP contribution in [0.25, 0.3) is 21.7 Å². The molecule has 0 atom stereocenters. The molecule has 5 nitrogen and oxygen atoms in total. The molecule has 4 aromatic rings. The number of benzene rings is 2. The van der Waals surface area contributed by atoms with Crippen LogP contribution in [0.2, 0.25) is 0 Å². The van der Waals surface area contributed by atoms with Crippen molar-refractivity contribution in [2.45, 2.75) is 14.4 Å². The molecular formula is C18H14N4OS3. The van der Waals surface area contributed by atoms with E-state index in [1.165, 1.54) is 28.5 Å². The van der Waals surface area contributed by atoms with Gasteiger partial charge < -0.3 is 5.73 Å². The van der Waals surface area contributed by atoms with E-state index in [2.05, 4.69) is 34.5 Å². The van der Waals surface area contributed by atoms with Crippen molar-refractivity contribution >= 4 is 62.4 Å². The van der Waals surface area contributed by atoms with Gasteiger partial charge in [-0.2, -0.15) is 0 Å². The molecule has 0 saturated heterocycles. The number of thioether (sulfide) groups is 2. The summed E-state index contributed by atoms with van der Waals surface area (Å²) in [6.07, 6.45) is 0. The highest BCUT2D eigenvalue weighted by molar-refractivity contribution is 8.03. The van der Waals surface area contributed by atoms with Crippen molar-refractivity contribution in [1.29, 1.82) is 0 Å². The van der Waals surface area contributed by atoms with Gasteiger partial charge in [-0.1, -0.05) is 77.3 Å². The molecule has 1 amide bonds. The molecule has 2 aromatic carbocycles. The quantitative estimate of drug-likeness (QED) is 0.389. The van der Waals surface area contributed by atoms with Crippen LogP contribution >= 0.6 is 34.9 Å². The zero-order valence-corrected chi connectivity index (χ0v) is 16.0. The molecule has 26 heavy (non-hydrogen) atoms. The number of carbonyl (C=O) groups excluding carboxylic acids is 1. The first-order valence-corrected chi connectivity index (χ1v) is 10.6. The molecule has 0 spiro atoms. The van der Waals surface area contributed by atoms with Gasteiger partial charge in [-0.15, -0.1) is 10.2 Å². The summed E-state index contributed by atoms with van der Waals surface area (Å²) in [5.41, 5.74) is 7.19. The molecule has 0 aliphatic heterocycles. The highest BCUT2D eigenvalue weighted by atomic mass is 32.2. The maximum absolute atomic E-state index is 10.9. The van der Waals surface area contributed by atoms with E-state index in [4.69, 9.17) is 10.7 Å². The summed E-state index contributed by atoms with van der Waals surface area (Å²) in [4.78, 5) is 15.7. The molecule has 0 aliphatic rings. The van der Waals surface area contributed by atoms with Gasteiger partial charge >= 0.3 is 0 Å². The number of para-hydroxylation sites is 1. The first-order valence-electron chi connectivity index (χ1n) is 7.84. The van der Waals surface area contributed by atoms with E-state index in [1.54, 1.807) is 11.8 Å². The van der Waals surface area contributed by atoms with Gasteiger partial charge in [0.1, 0.15) is 0 Å². The van der Waals surface area contributed by atoms with Gasteiger partial charge in [-0.25, -0.2) is 0 Å². The van der Waals surface area contributed by atoms with Gasteiger partial charge in [0.15, 0.2) is 8.68 Å². The minimum absolute atomic E-state index is 0.218. The number of primary amides is 1. The summed E-state index contributed by atoms with van der Waals surface area (Å²) in [5.74, 6) is 0.572. The van der Waals surface area contributed by atoms with Crippen LogP contribution in [0, 0.1) is 0 Å². The van der Waals surface area contributed by atoms with Crippen LogP contribution in [0.1, 0.15) is 5.69 Å². The van der Waals surface area contributed by atoms with E-state index in [0.29, 0.717) is 5.75 Å². The van der Waals surface area contributed by atoms with Gasteiger partial charge in [0.05, 0.1) is 17.0 Å². The fourth-order valence-corrected chi connectivity index (χ4v) is 5.37. The Hall–Kier alpha value is -2.16.